The van der Waals surface area contributed by atoms with Crippen molar-refractivity contribution >= 4 is 6.03 Å². The number of likely N-dealkylation sites (tertiary alicyclic amines) is 1. The number of piperidine rings is 1. The topological polar surface area (TPSA) is 85.2 Å². The largest absolute Gasteiger partial charge is 0.495 e. The van der Waals surface area contributed by atoms with Crippen LogP contribution in [-0.2, 0) is 7.05 Å². The number of carbonyl (C=O) groups excluding carboxylic acids is 1. The van der Waals surface area contributed by atoms with Crippen LogP contribution in [0.1, 0.15) is 43.1 Å². The number of ether oxygens (including phenoxy) is 1. The van der Waals surface area contributed by atoms with Gasteiger partial charge in [0.2, 0.25) is 0 Å². The maximum absolute atomic E-state index is 12.6. The van der Waals surface area contributed by atoms with E-state index in [0.717, 1.165) is 24.2 Å². The summed E-state index contributed by atoms with van der Waals surface area (Å²) in [5.41, 5.74) is 0.917. The summed E-state index contributed by atoms with van der Waals surface area (Å²) < 4.78 is 7.27. The van der Waals surface area contributed by atoms with Crippen LogP contribution >= 0.6 is 0 Å². The minimum Gasteiger partial charge on any atom is -0.495 e. The van der Waals surface area contributed by atoms with E-state index in [4.69, 9.17) is 4.74 Å². The molecule has 1 aliphatic rings. The van der Waals surface area contributed by atoms with E-state index in [1.165, 1.54) is 0 Å². The highest BCUT2D eigenvalue weighted by atomic mass is 16.5. The average molecular weight is 344 g/mol. The van der Waals surface area contributed by atoms with E-state index in [0.29, 0.717) is 24.8 Å². The third-order valence-electron chi connectivity index (χ3n) is 4.74. The predicted octanol–water partition coefficient (Wildman–Crippen LogP) is 1.87. The van der Waals surface area contributed by atoms with Gasteiger partial charge in [-0.15, -0.1) is 10.2 Å². The molecule has 0 saturated carbocycles. The molecule has 2 aromatic heterocycles. The Morgan fingerprint density at radius 1 is 1.40 bits per heavy atom. The fourth-order valence-electron chi connectivity index (χ4n) is 3.28. The molecule has 8 heteroatoms. The standard InChI is InChI=1S/C17H24N6O2/c1-12(14-4-7-18-10-15(14)25-3)20-17(24)23-8-5-13(6-9-23)16-21-19-11-22(16)2/h4,7,10-13H,5-6,8-9H2,1-3H3,(H,20,24). The minimum atomic E-state index is -0.151. The summed E-state index contributed by atoms with van der Waals surface area (Å²) in [4.78, 5) is 18.5. The highest BCUT2D eigenvalue weighted by Crippen LogP contribution is 2.27. The van der Waals surface area contributed by atoms with Crippen molar-refractivity contribution in [2.75, 3.05) is 20.2 Å². The van der Waals surface area contributed by atoms with E-state index >= 15 is 0 Å². The number of methoxy groups -OCH3 is 1. The van der Waals surface area contributed by atoms with Crippen LogP contribution in [0.3, 0.4) is 0 Å². The first-order valence-corrected chi connectivity index (χ1v) is 8.47. The summed E-state index contributed by atoms with van der Waals surface area (Å²) in [6, 6.07) is 1.66. The van der Waals surface area contributed by atoms with Crippen LogP contribution in [0.5, 0.6) is 5.75 Å². The van der Waals surface area contributed by atoms with E-state index in [1.807, 2.05) is 29.5 Å². The Morgan fingerprint density at radius 3 is 2.80 bits per heavy atom. The lowest BCUT2D eigenvalue weighted by molar-refractivity contribution is 0.177. The molecule has 2 amide bonds. The Morgan fingerprint density at radius 2 is 2.16 bits per heavy atom. The molecule has 134 valence electrons. The predicted molar refractivity (Wildman–Crippen MR) is 92.3 cm³/mol. The first kappa shape index (κ1) is 17.2. The van der Waals surface area contributed by atoms with Gasteiger partial charge < -0.3 is 19.5 Å². The van der Waals surface area contributed by atoms with Crippen molar-refractivity contribution in [2.24, 2.45) is 7.05 Å². The van der Waals surface area contributed by atoms with Crippen molar-refractivity contribution in [3.63, 3.8) is 0 Å². The fourth-order valence-corrected chi connectivity index (χ4v) is 3.28. The summed E-state index contributed by atoms with van der Waals surface area (Å²) in [6.45, 7) is 3.37. The van der Waals surface area contributed by atoms with Gasteiger partial charge in [0.05, 0.1) is 19.3 Å². The third kappa shape index (κ3) is 3.72. The van der Waals surface area contributed by atoms with Gasteiger partial charge in [-0.3, -0.25) is 4.98 Å². The Balaban J connectivity index is 1.57. The number of rotatable bonds is 4. The molecule has 25 heavy (non-hydrogen) atoms. The molecule has 0 aromatic carbocycles. The van der Waals surface area contributed by atoms with E-state index in [1.54, 1.807) is 25.8 Å². The molecular weight excluding hydrogens is 320 g/mol. The van der Waals surface area contributed by atoms with Gasteiger partial charge >= 0.3 is 6.03 Å². The van der Waals surface area contributed by atoms with Crippen molar-refractivity contribution < 1.29 is 9.53 Å². The Bertz CT molecular complexity index is 723. The number of amides is 2. The number of urea groups is 1. The highest BCUT2D eigenvalue weighted by molar-refractivity contribution is 5.75. The molecule has 2 aromatic rings. The van der Waals surface area contributed by atoms with Crippen LogP contribution in [0.25, 0.3) is 0 Å². The van der Waals surface area contributed by atoms with Crippen molar-refractivity contribution in [1.82, 2.24) is 30.0 Å². The fraction of sp³-hybridized carbons (Fsp3) is 0.529. The van der Waals surface area contributed by atoms with Crippen LogP contribution in [0.15, 0.2) is 24.8 Å². The maximum Gasteiger partial charge on any atom is 0.317 e. The molecular formula is C17H24N6O2. The van der Waals surface area contributed by atoms with E-state index in [9.17, 15) is 4.79 Å². The lowest BCUT2D eigenvalue weighted by atomic mass is 9.96. The molecule has 3 heterocycles. The second-order valence-electron chi connectivity index (χ2n) is 6.35. The number of hydrogen-bond acceptors (Lipinski definition) is 5. The quantitative estimate of drug-likeness (QED) is 0.915. The molecule has 1 saturated heterocycles. The second kappa shape index (κ2) is 7.50. The molecule has 0 bridgehead atoms. The zero-order valence-corrected chi connectivity index (χ0v) is 14.8. The average Bonchev–Trinajstić information content (AvgIpc) is 3.07. The van der Waals surface area contributed by atoms with E-state index in [2.05, 4.69) is 20.5 Å². The van der Waals surface area contributed by atoms with Gasteiger partial charge in [0.25, 0.3) is 0 Å². The van der Waals surface area contributed by atoms with Crippen molar-refractivity contribution in [1.29, 1.82) is 0 Å². The van der Waals surface area contributed by atoms with Crippen LogP contribution in [0.2, 0.25) is 0 Å². The molecule has 3 rings (SSSR count). The molecule has 1 atom stereocenters. The third-order valence-corrected chi connectivity index (χ3v) is 4.74. The Kier molecular flexibility index (Phi) is 5.16. The van der Waals surface area contributed by atoms with E-state index in [-0.39, 0.29) is 12.1 Å². The second-order valence-corrected chi connectivity index (χ2v) is 6.35. The number of nitrogens with zero attached hydrogens (tertiary/aromatic N) is 5. The Labute approximate surface area is 147 Å². The normalized spacial score (nSPS) is 16.5. The number of pyridine rings is 1. The Hall–Kier alpha value is -2.64. The molecule has 1 unspecified atom stereocenters. The molecule has 1 aliphatic heterocycles. The van der Waals surface area contributed by atoms with Crippen LogP contribution in [0.4, 0.5) is 4.79 Å². The van der Waals surface area contributed by atoms with Gasteiger partial charge in [-0.05, 0) is 25.8 Å². The van der Waals surface area contributed by atoms with Gasteiger partial charge in [0.15, 0.2) is 0 Å². The number of nitrogens with one attached hydrogen (secondary N) is 1. The molecule has 1 fully saturated rings. The van der Waals surface area contributed by atoms with Crippen molar-refractivity contribution in [2.45, 2.75) is 31.7 Å². The monoisotopic (exact) mass is 344 g/mol. The summed E-state index contributed by atoms with van der Waals surface area (Å²) >= 11 is 0. The van der Waals surface area contributed by atoms with Gasteiger partial charge in [-0.2, -0.15) is 0 Å². The zero-order valence-electron chi connectivity index (χ0n) is 14.8. The number of hydrogen-bond donors (Lipinski definition) is 1. The minimum absolute atomic E-state index is 0.0530. The number of aromatic nitrogens is 4. The lowest BCUT2D eigenvalue weighted by Crippen LogP contribution is -2.45. The maximum atomic E-state index is 12.6. The van der Waals surface area contributed by atoms with Gasteiger partial charge in [-0.1, -0.05) is 0 Å². The van der Waals surface area contributed by atoms with E-state index < -0.39 is 0 Å². The summed E-state index contributed by atoms with van der Waals surface area (Å²) in [5.74, 6) is 2.03. The van der Waals surface area contributed by atoms with Gasteiger partial charge in [-0.25, -0.2) is 4.79 Å². The van der Waals surface area contributed by atoms with Crippen LogP contribution < -0.4 is 10.1 Å². The number of aryl methyl sites for hydroxylation is 1. The van der Waals surface area contributed by atoms with Gasteiger partial charge in [0.1, 0.15) is 17.9 Å². The van der Waals surface area contributed by atoms with Crippen molar-refractivity contribution in [3.8, 4) is 5.75 Å². The number of carbonyl (C=O) groups is 1. The smallest absolute Gasteiger partial charge is 0.317 e. The summed E-state index contributed by atoms with van der Waals surface area (Å²) in [7, 11) is 3.56. The lowest BCUT2D eigenvalue weighted by Gasteiger charge is -2.32. The summed E-state index contributed by atoms with van der Waals surface area (Å²) in [5, 5.41) is 11.2. The molecule has 1 N–H and O–H groups in total. The zero-order chi connectivity index (χ0) is 17.8. The molecule has 0 radical (unpaired) electrons. The van der Waals surface area contributed by atoms with Crippen LogP contribution in [0, 0.1) is 0 Å². The first-order chi connectivity index (χ1) is 12.1. The molecule has 0 aliphatic carbocycles. The first-order valence-electron chi connectivity index (χ1n) is 8.47. The van der Waals surface area contributed by atoms with Crippen molar-refractivity contribution in [3.05, 3.63) is 36.2 Å². The molecule has 0 spiro atoms. The summed E-state index contributed by atoms with van der Waals surface area (Å²) in [6.07, 6.45) is 6.87. The SMILES string of the molecule is COc1cnccc1C(C)NC(=O)N1CCC(c2nncn2C)CC1. The highest BCUT2D eigenvalue weighted by Gasteiger charge is 2.27. The van der Waals surface area contributed by atoms with Gasteiger partial charge in [0, 0.05) is 37.8 Å². The van der Waals surface area contributed by atoms with Crippen LogP contribution in [-0.4, -0.2) is 50.9 Å². The molecule has 8 nitrogen and oxygen atoms in total.